The standard InChI is InChI=1S/C20H26N4O2S/c1-5-22-16-9-14(4)27-19(16)15-10-21-23(20(26)18(15)22)11-17(25)24-12(2)7-6-8-13(24)3/h9-10,12-13H,5-8,11H2,1-4H3. The number of rotatable bonds is 3. The van der Waals surface area contributed by atoms with Crippen molar-refractivity contribution in [3.63, 3.8) is 0 Å². The molecule has 7 heteroatoms. The van der Waals surface area contributed by atoms with Crippen LogP contribution in [0.5, 0.6) is 0 Å². The van der Waals surface area contributed by atoms with Gasteiger partial charge in [0, 0.05) is 28.9 Å². The van der Waals surface area contributed by atoms with E-state index in [0.29, 0.717) is 12.1 Å². The van der Waals surface area contributed by atoms with Crippen LogP contribution in [0.15, 0.2) is 17.1 Å². The Morgan fingerprint density at radius 2 is 2.00 bits per heavy atom. The molecule has 3 aromatic rings. The summed E-state index contributed by atoms with van der Waals surface area (Å²) in [7, 11) is 0. The molecule has 4 rings (SSSR count). The van der Waals surface area contributed by atoms with E-state index in [-0.39, 0.29) is 30.1 Å². The maximum absolute atomic E-state index is 13.2. The monoisotopic (exact) mass is 386 g/mol. The number of carbonyl (C=O) groups is 1. The second-order valence-corrected chi connectivity index (χ2v) is 8.87. The van der Waals surface area contributed by atoms with Crippen molar-refractivity contribution >= 4 is 38.4 Å². The molecule has 1 aliphatic heterocycles. The third-order valence-corrected chi connectivity index (χ3v) is 6.82. The van der Waals surface area contributed by atoms with Gasteiger partial charge in [0.05, 0.1) is 16.4 Å². The summed E-state index contributed by atoms with van der Waals surface area (Å²) in [5.74, 6) is -0.0177. The Balaban J connectivity index is 1.76. The number of hydrogen-bond donors (Lipinski definition) is 0. The first-order chi connectivity index (χ1) is 12.9. The fraction of sp³-hybridized carbons (Fsp3) is 0.550. The van der Waals surface area contributed by atoms with Gasteiger partial charge in [-0.05, 0) is 53.0 Å². The van der Waals surface area contributed by atoms with E-state index in [1.54, 1.807) is 17.5 Å². The predicted molar refractivity (Wildman–Crippen MR) is 109 cm³/mol. The first-order valence-electron chi connectivity index (χ1n) is 9.72. The molecule has 4 heterocycles. The summed E-state index contributed by atoms with van der Waals surface area (Å²) in [6, 6.07) is 2.55. The number of piperidine rings is 1. The van der Waals surface area contributed by atoms with Crippen LogP contribution in [0.1, 0.15) is 44.9 Å². The third-order valence-electron chi connectivity index (χ3n) is 5.74. The zero-order valence-corrected chi connectivity index (χ0v) is 17.2. The summed E-state index contributed by atoms with van der Waals surface area (Å²) in [6.45, 7) is 9.01. The average molecular weight is 387 g/mol. The maximum atomic E-state index is 13.2. The Morgan fingerprint density at radius 1 is 1.30 bits per heavy atom. The van der Waals surface area contributed by atoms with Gasteiger partial charge in [0.15, 0.2) is 0 Å². The molecule has 1 aliphatic rings. The molecule has 0 aliphatic carbocycles. The molecular weight excluding hydrogens is 360 g/mol. The summed E-state index contributed by atoms with van der Waals surface area (Å²) in [4.78, 5) is 29.2. The minimum atomic E-state index is -0.180. The normalized spacial score (nSPS) is 20.7. The van der Waals surface area contributed by atoms with E-state index in [2.05, 4.69) is 31.9 Å². The number of amides is 1. The quantitative estimate of drug-likeness (QED) is 0.692. The van der Waals surface area contributed by atoms with Crippen LogP contribution in [-0.4, -0.2) is 37.2 Å². The summed E-state index contributed by atoms with van der Waals surface area (Å²) >= 11 is 1.69. The van der Waals surface area contributed by atoms with Gasteiger partial charge >= 0.3 is 0 Å². The van der Waals surface area contributed by atoms with E-state index in [1.165, 1.54) is 9.56 Å². The van der Waals surface area contributed by atoms with Crippen molar-refractivity contribution in [1.29, 1.82) is 0 Å². The van der Waals surface area contributed by atoms with Gasteiger partial charge in [0.1, 0.15) is 12.1 Å². The number of hydrogen-bond acceptors (Lipinski definition) is 4. The van der Waals surface area contributed by atoms with Crippen LogP contribution in [0.4, 0.5) is 0 Å². The van der Waals surface area contributed by atoms with Crippen LogP contribution in [0, 0.1) is 6.92 Å². The highest BCUT2D eigenvalue weighted by atomic mass is 32.1. The molecular formula is C20H26N4O2S. The average Bonchev–Trinajstić information content (AvgIpc) is 3.12. The lowest BCUT2D eigenvalue weighted by Crippen LogP contribution is -2.49. The molecule has 1 fully saturated rings. The topological polar surface area (TPSA) is 60.1 Å². The molecule has 0 spiro atoms. The van der Waals surface area contributed by atoms with E-state index in [1.807, 2.05) is 16.4 Å². The van der Waals surface area contributed by atoms with Crippen molar-refractivity contribution in [3.05, 3.63) is 27.5 Å². The van der Waals surface area contributed by atoms with Crippen molar-refractivity contribution in [2.75, 3.05) is 0 Å². The second-order valence-electron chi connectivity index (χ2n) is 7.62. The van der Waals surface area contributed by atoms with Crippen molar-refractivity contribution in [1.82, 2.24) is 19.2 Å². The van der Waals surface area contributed by atoms with Gasteiger partial charge in [0.2, 0.25) is 5.91 Å². The number of likely N-dealkylation sites (tertiary alicyclic amines) is 1. The smallest absolute Gasteiger partial charge is 0.291 e. The third kappa shape index (κ3) is 2.88. The molecule has 2 unspecified atom stereocenters. The van der Waals surface area contributed by atoms with Crippen molar-refractivity contribution < 1.29 is 4.79 Å². The van der Waals surface area contributed by atoms with E-state index < -0.39 is 0 Å². The van der Waals surface area contributed by atoms with Crippen molar-refractivity contribution in [3.8, 4) is 0 Å². The highest BCUT2D eigenvalue weighted by molar-refractivity contribution is 7.20. The zero-order chi connectivity index (χ0) is 19.3. The molecule has 0 bridgehead atoms. The Labute approximate surface area is 162 Å². The molecule has 0 N–H and O–H groups in total. The van der Waals surface area contributed by atoms with Crippen LogP contribution in [0.25, 0.3) is 21.1 Å². The van der Waals surface area contributed by atoms with Crippen LogP contribution in [0.2, 0.25) is 0 Å². The minimum absolute atomic E-state index is 0.00498. The van der Waals surface area contributed by atoms with Gasteiger partial charge in [-0.25, -0.2) is 4.68 Å². The summed E-state index contributed by atoms with van der Waals surface area (Å²) in [6.07, 6.45) is 4.94. The van der Waals surface area contributed by atoms with Crippen LogP contribution in [0.3, 0.4) is 0 Å². The predicted octanol–water partition coefficient (Wildman–Crippen LogP) is 3.53. The molecule has 0 saturated carbocycles. The SMILES string of the molecule is CCn1c2cc(C)sc2c2cnn(CC(=O)N3C(C)CCCC3C)c(=O)c21. The van der Waals surface area contributed by atoms with E-state index in [0.717, 1.165) is 34.9 Å². The van der Waals surface area contributed by atoms with Crippen molar-refractivity contribution in [2.24, 2.45) is 0 Å². The van der Waals surface area contributed by atoms with E-state index in [9.17, 15) is 9.59 Å². The number of thiophene rings is 1. The Hall–Kier alpha value is -2.15. The number of aryl methyl sites for hydroxylation is 2. The second kappa shape index (κ2) is 6.78. The highest BCUT2D eigenvalue weighted by Crippen LogP contribution is 2.33. The fourth-order valence-electron chi connectivity index (χ4n) is 4.48. The Morgan fingerprint density at radius 3 is 2.67 bits per heavy atom. The Kier molecular flexibility index (Phi) is 4.58. The van der Waals surface area contributed by atoms with Gasteiger partial charge in [-0.3, -0.25) is 9.59 Å². The van der Waals surface area contributed by atoms with Gasteiger partial charge in [0.25, 0.3) is 5.56 Å². The first kappa shape index (κ1) is 18.2. The number of aromatic nitrogens is 3. The Bertz CT molecular complexity index is 1070. The summed E-state index contributed by atoms with van der Waals surface area (Å²) < 4.78 is 4.48. The largest absolute Gasteiger partial charge is 0.336 e. The molecule has 1 amide bonds. The first-order valence-corrected chi connectivity index (χ1v) is 10.5. The van der Waals surface area contributed by atoms with E-state index in [4.69, 9.17) is 0 Å². The van der Waals surface area contributed by atoms with Crippen LogP contribution in [-0.2, 0) is 17.9 Å². The number of nitrogens with zero attached hydrogens (tertiary/aromatic N) is 4. The molecule has 1 saturated heterocycles. The lowest BCUT2D eigenvalue weighted by atomic mass is 9.97. The minimum Gasteiger partial charge on any atom is -0.336 e. The summed E-state index contributed by atoms with van der Waals surface area (Å²) in [5, 5.41) is 5.24. The molecule has 0 radical (unpaired) electrons. The molecule has 3 aromatic heterocycles. The molecule has 27 heavy (non-hydrogen) atoms. The molecule has 6 nitrogen and oxygen atoms in total. The van der Waals surface area contributed by atoms with Gasteiger partial charge in [-0.15, -0.1) is 11.3 Å². The number of carbonyl (C=O) groups excluding carboxylic acids is 1. The van der Waals surface area contributed by atoms with Crippen molar-refractivity contribution in [2.45, 2.75) is 72.1 Å². The van der Waals surface area contributed by atoms with Crippen LogP contribution >= 0.6 is 11.3 Å². The fourth-order valence-corrected chi connectivity index (χ4v) is 5.51. The van der Waals surface area contributed by atoms with Gasteiger partial charge in [-0.2, -0.15) is 5.10 Å². The number of fused-ring (bicyclic) bond motifs is 3. The molecule has 0 aromatic carbocycles. The summed E-state index contributed by atoms with van der Waals surface area (Å²) in [5.41, 5.74) is 1.55. The zero-order valence-electron chi connectivity index (χ0n) is 16.4. The lowest BCUT2D eigenvalue weighted by Gasteiger charge is -2.39. The molecule has 144 valence electrons. The molecule has 2 atom stereocenters. The lowest BCUT2D eigenvalue weighted by molar-refractivity contribution is -0.138. The van der Waals surface area contributed by atoms with Gasteiger partial charge in [-0.1, -0.05) is 0 Å². The van der Waals surface area contributed by atoms with Gasteiger partial charge < -0.3 is 9.47 Å². The van der Waals surface area contributed by atoms with Crippen LogP contribution < -0.4 is 5.56 Å². The highest BCUT2D eigenvalue weighted by Gasteiger charge is 2.29. The maximum Gasteiger partial charge on any atom is 0.291 e. The van der Waals surface area contributed by atoms with E-state index >= 15 is 0 Å².